The summed E-state index contributed by atoms with van der Waals surface area (Å²) in [6.45, 7) is 0.297. The van der Waals surface area contributed by atoms with E-state index in [-0.39, 0.29) is 31.9 Å². The first-order valence-corrected chi connectivity index (χ1v) is 7.69. The molecule has 0 atom stereocenters. The van der Waals surface area contributed by atoms with Gasteiger partial charge in [0.2, 0.25) is 16.8 Å². The van der Waals surface area contributed by atoms with Gasteiger partial charge in [-0.3, -0.25) is 4.79 Å². The standard InChI is InChI=1S/C12H15NO6S/c14-12(15)2-1-5-20(16,17)13-7-9-3-4-10-11(6-9)19-8-18-10/h3-4,6,13H,1-2,5,7-8H2,(H,14,15). The number of ether oxygens (including phenoxy) is 2. The van der Waals surface area contributed by atoms with E-state index in [0.717, 1.165) is 5.56 Å². The van der Waals surface area contributed by atoms with Crippen molar-refractivity contribution >= 4 is 16.0 Å². The average molecular weight is 301 g/mol. The lowest BCUT2D eigenvalue weighted by Gasteiger charge is -2.07. The molecule has 0 saturated heterocycles. The van der Waals surface area contributed by atoms with Crippen LogP contribution in [0.15, 0.2) is 18.2 Å². The third-order valence-corrected chi connectivity index (χ3v) is 4.15. The molecule has 7 nitrogen and oxygen atoms in total. The molecule has 1 aliphatic heterocycles. The van der Waals surface area contributed by atoms with Crippen molar-refractivity contribution in [1.29, 1.82) is 0 Å². The Balaban J connectivity index is 1.86. The number of aliphatic carboxylic acids is 1. The summed E-state index contributed by atoms with van der Waals surface area (Å²) in [7, 11) is -3.47. The van der Waals surface area contributed by atoms with E-state index in [1.165, 1.54) is 0 Å². The quantitative estimate of drug-likeness (QED) is 0.768. The van der Waals surface area contributed by atoms with Crippen molar-refractivity contribution in [3.05, 3.63) is 23.8 Å². The Morgan fingerprint density at radius 1 is 1.30 bits per heavy atom. The highest BCUT2D eigenvalue weighted by atomic mass is 32.2. The van der Waals surface area contributed by atoms with E-state index in [0.29, 0.717) is 11.5 Å². The molecule has 0 bridgehead atoms. The van der Waals surface area contributed by atoms with Crippen LogP contribution in [0.4, 0.5) is 0 Å². The Morgan fingerprint density at radius 2 is 2.05 bits per heavy atom. The smallest absolute Gasteiger partial charge is 0.303 e. The summed E-state index contributed by atoms with van der Waals surface area (Å²) >= 11 is 0. The SMILES string of the molecule is O=C(O)CCCS(=O)(=O)NCc1ccc2c(c1)OCO2. The molecule has 110 valence electrons. The molecule has 0 amide bonds. The second kappa shape index (κ2) is 6.10. The summed E-state index contributed by atoms with van der Waals surface area (Å²) in [4.78, 5) is 10.3. The summed E-state index contributed by atoms with van der Waals surface area (Å²) < 4.78 is 36.1. The largest absolute Gasteiger partial charge is 0.481 e. The molecule has 8 heteroatoms. The molecule has 0 aromatic heterocycles. The lowest BCUT2D eigenvalue weighted by Crippen LogP contribution is -2.26. The van der Waals surface area contributed by atoms with E-state index in [9.17, 15) is 13.2 Å². The third kappa shape index (κ3) is 4.10. The normalized spacial score (nSPS) is 13.4. The number of hydrogen-bond donors (Lipinski definition) is 2. The maximum Gasteiger partial charge on any atom is 0.303 e. The molecule has 0 aliphatic carbocycles. The fourth-order valence-corrected chi connectivity index (χ4v) is 2.79. The van der Waals surface area contributed by atoms with E-state index in [2.05, 4.69) is 4.72 Å². The lowest BCUT2D eigenvalue weighted by molar-refractivity contribution is -0.137. The van der Waals surface area contributed by atoms with Crippen LogP contribution in [0.1, 0.15) is 18.4 Å². The number of sulfonamides is 1. The first-order valence-electron chi connectivity index (χ1n) is 6.04. The molecule has 0 unspecified atom stereocenters. The average Bonchev–Trinajstić information content (AvgIpc) is 2.83. The maximum atomic E-state index is 11.7. The van der Waals surface area contributed by atoms with Crippen molar-refractivity contribution in [2.45, 2.75) is 19.4 Å². The molecular weight excluding hydrogens is 286 g/mol. The second-order valence-electron chi connectivity index (χ2n) is 4.32. The minimum Gasteiger partial charge on any atom is -0.481 e. The van der Waals surface area contributed by atoms with Crippen LogP contribution in [-0.2, 0) is 21.4 Å². The van der Waals surface area contributed by atoms with Gasteiger partial charge < -0.3 is 14.6 Å². The number of carboxylic acids is 1. The van der Waals surface area contributed by atoms with Crippen LogP contribution >= 0.6 is 0 Å². The van der Waals surface area contributed by atoms with Crippen LogP contribution in [0.2, 0.25) is 0 Å². The predicted molar refractivity (Wildman–Crippen MR) is 70.1 cm³/mol. The van der Waals surface area contributed by atoms with Gasteiger partial charge in [-0.1, -0.05) is 6.07 Å². The number of carboxylic acid groups (broad SMARTS) is 1. The number of carbonyl (C=O) groups is 1. The zero-order valence-corrected chi connectivity index (χ0v) is 11.5. The zero-order valence-electron chi connectivity index (χ0n) is 10.7. The van der Waals surface area contributed by atoms with E-state index >= 15 is 0 Å². The fourth-order valence-electron chi connectivity index (χ4n) is 1.73. The van der Waals surface area contributed by atoms with Crippen LogP contribution in [0.5, 0.6) is 11.5 Å². The van der Waals surface area contributed by atoms with Crippen LogP contribution in [0.25, 0.3) is 0 Å². The summed E-state index contributed by atoms with van der Waals surface area (Å²) in [5.41, 5.74) is 0.746. The third-order valence-electron chi connectivity index (χ3n) is 2.74. The van der Waals surface area contributed by atoms with Crippen LogP contribution in [0, 0.1) is 0 Å². The van der Waals surface area contributed by atoms with E-state index in [4.69, 9.17) is 14.6 Å². The molecule has 0 saturated carbocycles. The second-order valence-corrected chi connectivity index (χ2v) is 6.25. The molecule has 20 heavy (non-hydrogen) atoms. The van der Waals surface area contributed by atoms with Gasteiger partial charge in [0.05, 0.1) is 5.75 Å². The Hall–Kier alpha value is -1.80. The van der Waals surface area contributed by atoms with Gasteiger partial charge in [0, 0.05) is 13.0 Å². The number of benzene rings is 1. The highest BCUT2D eigenvalue weighted by molar-refractivity contribution is 7.89. The number of hydrogen-bond acceptors (Lipinski definition) is 5. The maximum absolute atomic E-state index is 11.7. The van der Waals surface area contributed by atoms with Gasteiger partial charge in [0.1, 0.15) is 0 Å². The number of fused-ring (bicyclic) bond motifs is 1. The van der Waals surface area contributed by atoms with E-state index in [1.54, 1.807) is 18.2 Å². The number of rotatable bonds is 7. The molecule has 1 aromatic rings. The summed E-state index contributed by atoms with van der Waals surface area (Å²) in [6, 6.07) is 5.17. The van der Waals surface area contributed by atoms with Crippen LogP contribution in [-0.4, -0.2) is 32.0 Å². The first kappa shape index (κ1) is 14.6. The number of nitrogens with one attached hydrogen (secondary N) is 1. The van der Waals surface area contributed by atoms with Crippen molar-refractivity contribution in [1.82, 2.24) is 4.72 Å². The van der Waals surface area contributed by atoms with Crippen molar-refractivity contribution in [2.24, 2.45) is 0 Å². The predicted octanol–water partition coefficient (Wildman–Crippen LogP) is 0.699. The highest BCUT2D eigenvalue weighted by Crippen LogP contribution is 2.32. The fraction of sp³-hybridized carbons (Fsp3) is 0.417. The Kier molecular flexibility index (Phi) is 4.46. The van der Waals surface area contributed by atoms with Crippen molar-refractivity contribution in [3.8, 4) is 11.5 Å². The monoisotopic (exact) mass is 301 g/mol. The van der Waals surface area contributed by atoms with Crippen molar-refractivity contribution < 1.29 is 27.8 Å². The first-order chi connectivity index (χ1) is 9.46. The van der Waals surface area contributed by atoms with Gasteiger partial charge in [0.15, 0.2) is 11.5 Å². The molecule has 1 heterocycles. The van der Waals surface area contributed by atoms with Gasteiger partial charge in [-0.15, -0.1) is 0 Å². The molecule has 2 rings (SSSR count). The van der Waals surface area contributed by atoms with Crippen LogP contribution in [0.3, 0.4) is 0 Å². The molecule has 1 aromatic carbocycles. The molecule has 0 fully saturated rings. The highest BCUT2D eigenvalue weighted by Gasteiger charge is 2.15. The van der Waals surface area contributed by atoms with Gasteiger partial charge in [-0.2, -0.15) is 0 Å². The molecule has 1 aliphatic rings. The topological polar surface area (TPSA) is 102 Å². The lowest BCUT2D eigenvalue weighted by atomic mass is 10.2. The van der Waals surface area contributed by atoms with E-state index < -0.39 is 16.0 Å². The Morgan fingerprint density at radius 3 is 2.80 bits per heavy atom. The zero-order chi connectivity index (χ0) is 14.6. The minimum absolute atomic E-state index is 0.0891. The van der Waals surface area contributed by atoms with Crippen molar-refractivity contribution in [2.75, 3.05) is 12.5 Å². The summed E-state index contributed by atoms with van der Waals surface area (Å²) in [6.07, 6.45) is -0.0727. The van der Waals surface area contributed by atoms with E-state index in [1.807, 2.05) is 0 Å². The van der Waals surface area contributed by atoms with Crippen LogP contribution < -0.4 is 14.2 Å². The van der Waals surface area contributed by atoms with Gasteiger partial charge in [0.25, 0.3) is 0 Å². The summed E-state index contributed by atoms with van der Waals surface area (Å²) in [5.74, 6) is 0.0192. The van der Waals surface area contributed by atoms with Crippen molar-refractivity contribution in [3.63, 3.8) is 0 Å². The Labute approximate surface area is 116 Å². The minimum atomic E-state index is -3.47. The van der Waals surface area contributed by atoms with Gasteiger partial charge in [-0.05, 0) is 24.1 Å². The Bertz CT molecular complexity index is 598. The summed E-state index contributed by atoms with van der Waals surface area (Å²) in [5, 5.41) is 8.47. The molecule has 2 N–H and O–H groups in total. The molecular formula is C12H15NO6S. The van der Waals surface area contributed by atoms with Gasteiger partial charge >= 0.3 is 5.97 Å². The molecule has 0 radical (unpaired) electrons. The van der Waals surface area contributed by atoms with Gasteiger partial charge in [-0.25, -0.2) is 13.1 Å². The molecule has 0 spiro atoms.